The highest BCUT2D eigenvalue weighted by molar-refractivity contribution is 4.89. The Balaban J connectivity index is 2.06. The number of nitrogens with zero attached hydrogens (tertiary/aromatic N) is 2. The molecule has 0 aromatic carbocycles. The summed E-state index contributed by atoms with van der Waals surface area (Å²) < 4.78 is 2.12. The van der Waals surface area contributed by atoms with Gasteiger partial charge in [0.15, 0.2) is 0 Å². The van der Waals surface area contributed by atoms with Crippen molar-refractivity contribution in [1.29, 1.82) is 0 Å². The molecule has 0 saturated heterocycles. The highest BCUT2D eigenvalue weighted by atomic mass is 15.3. The van der Waals surface area contributed by atoms with Gasteiger partial charge < -0.3 is 5.32 Å². The van der Waals surface area contributed by atoms with Crippen molar-refractivity contribution in [3.8, 4) is 0 Å². The number of rotatable bonds is 3. The Morgan fingerprint density at radius 1 is 1.33 bits per heavy atom. The van der Waals surface area contributed by atoms with Gasteiger partial charge in [-0.25, -0.2) is 0 Å². The molecule has 1 fully saturated rings. The summed E-state index contributed by atoms with van der Waals surface area (Å²) in [5.41, 5.74) is 0. The fraction of sp³-hybridized carbons (Fsp3) is 0.750. The van der Waals surface area contributed by atoms with E-state index in [1.807, 2.05) is 12.3 Å². The summed E-state index contributed by atoms with van der Waals surface area (Å²) in [5, 5.41) is 8.03. The number of hydrogen-bond acceptors (Lipinski definition) is 2. The van der Waals surface area contributed by atoms with Crippen molar-refractivity contribution >= 4 is 0 Å². The van der Waals surface area contributed by atoms with E-state index < -0.39 is 0 Å². The second-order valence-electron chi connectivity index (χ2n) is 4.77. The molecule has 2 rings (SSSR count). The van der Waals surface area contributed by atoms with Gasteiger partial charge in [-0.3, -0.25) is 4.68 Å². The van der Waals surface area contributed by atoms with Crippen LogP contribution < -0.4 is 5.32 Å². The van der Waals surface area contributed by atoms with Gasteiger partial charge in [-0.05, 0) is 18.9 Å². The molecule has 2 unspecified atom stereocenters. The topological polar surface area (TPSA) is 29.9 Å². The largest absolute Gasteiger partial charge is 0.310 e. The maximum Gasteiger partial charge on any atom is 0.0672 e. The predicted molar refractivity (Wildman–Crippen MR) is 61.8 cm³/mol. The van der Waals surface area contributed by atoms with Crippen molar-refractivity contribution < 1.29 is 0 Å². The molecule has 15 heavy (non-hydrogen) atoms. The normalized spacial score (nSPS) is 27.1. The Bertz CT molecular complexity index is 279. The SMILES string of the molecule is CC(C)NC1CCCCC1n1cccn1. The van der Waals surface area contributed by atoms with Crippen LogP contribution in [0.3, 0.4) is 0 Å². The predicted octanol–water partition coefficient (Wildman–Crippen LogP) is 2.36. The molecule has 1 N–H and O–H groups in total. The van der Waals surface area contributed by atoms with Crippen molar-refractivity contribution in [2.45, 2.75) is 57.7 Å². The Morgan fingerprint density at radius 2 is 2.13 bits per heavy atom. The standard InChI is InChI=1S/C12H21N3/c1-10(2)14-11-6-3-4-7-12(11)15-9-5-8-13-15/h5,8-12,14H,3-4,6-7H2,1-2H3. The molecule has 1 heterocycles. The minimum atomic E-state index is 0.552. The lowest BCUT2D eigenvalue weighted by atomic mass is 9.90. The van der Waals surface area contributed by atoms with E-state index >= 15 is 0 Å². The van der Waals surface area contributed by atoms with Gasteiger partial charge in [0, 0.05) is 24.5 Å². The van der Waals surface area contributed by atoms with E-state index in [9.17, 15) is 0 Å². The van der Waals surface area contributed by atoms with Crippen molar-refractivity contribution in [2.24, 2.45) is 0 Å². The van der Waals surface area contributed by atoms with Gasteiger partial charge in [-0.1, -0.05) is 26.7 Å². The van der Waals surface area contributed by atoms with E-state index in [2.05, 4.69) is 35.1 Å². The van der Waals surface area contributed by atoms with Gasteiger partial charge in [0.2, 0.25) is 0 Å². The second kappa shape index (κ2) is 4.79. The summed E-state index contributed by atoms with van der Waals surface area (Å²) in [6, 6.07) is 3.72. The zero-order valence-electron chi connectivity index (χ0n) is 9.69. The maximum absolute atomic E-state index is 4.37. The van der Waals surface area contributed by atoms with Crippen molar-refractivity contribution in [3.63, 3.8) is 0 Å². The number of aromatic nitrogens is 2. The van der Waals surface area contributed by atoms with Gasteiger partial charge in [0.1, 0.15) is 0 Å². The summed E-state index contributed by atoms with van der Waals surface area (Å²) in [6.45, 7) is 4.43. The zero-order chi connectivity index (χ0) is 10.7. The molecule has 0 bridgehead atoms. The van der Waals surface area contributed by atoms with Crippen LogP contribution in [0.25, 0.3) is 0 Å². The highest BCUT2D eigenvalue weighted by Crippen LogP contribution is 2.28. The lowest BCUT2D eigenvalue weighted by Crippen LogP contribution is -2.43. The van der Waals surface area contributed by atoms with Gasteiger partial charge in [-0.15, -0.1) is 0 Å². The van der Waals surface area contributed by atoms with Crippen LogP contribution in [0.4, 0.5) is 0 Å². The number of hydrogen-bond donors (Lipinski definition) is 1. The van der Waals surface area contributed by atoms with Crippen LogP contribution in [0.15, 0.2) is 18.5 Å². The van der Waals surface area contributed by atoms with Crippen LogP contribution in [0, 0.1) is 0 Å². The van der Waals surface area contributed by atoms with E-state index in [-0.39, 0.29) is 0 Å². The number of nitrogens with one attached hydrogen (secondary N) is 1. The average Bonchev–Trinajstić information content (AvgIpc) is 2.70. The van der Waals surface area contributed by atoms with Gasteiger partial charge >= 0.3 is 0 Å². The third-order valence-corrected chi connectivity index (χ3v) is 3.14. The molecule has 0 amide bonds. The third-order valence-electron chi connectivity index (χ3n) is 3.14. The second-order valence-corrected chi connectivity index (χ2v) is 4.77. The van der Waals surface area contributed by atoms with Crippen molar-refractivity contribution in [3.05, 3.63) is 18.5 Å². The van der Waals surface area contributed by atoms with Crippen molar-refractivity contribution in [2.75, 3.05) is 0 Å². The fourth-order valence-corrected chi connectivity index (χ4v) is 2.53. The van der Waals surface area contributed by atoms with E-state index in [0.717, 1.165) is 0 Å². The van der Waals surface area contributed by atoms with Crippen LogP contribution in [-0.2, 0) is 0 Å². The van der Waals surface area contributed by atoms with Crippen LogP contribution in [0.2, 0.25) is 0 Å². The van der Waals surface area contributed by atoms with Gasteiger partial charge in [-0.2, -0.15) is 5.10 Å². The molecule has 1 aromatic rings. The lowest BCUT2D eigenvalue weighted by Gasteiger charge is -2.33. The van der Waals surface area contributed by atoms with Crippen LogP contribution >= 0.6 is 0 Å². The summed E-state index contributed by atoms with van der Waals surface area (Å²) in [5.74, 6) is 0. The molecule has 0 spiro atoms. The van der Waals surface area contributed by atoms with E-state index in [4.69, 9.17) is 0 Å². The molecule has 1 saturated carbocycles. The van der Waals surface area contributed by atoms with Crippen LogP contribution in [0.5, 0.6) is 0 Å². The van der Waals surface area contributed by atoms with Gasteiger partial charge in [0.05, 0.1) is 6.04 Å². The first-order valence-electron chi connectivity index (χ1n) is 6.02. The molecule has 2 atom stereocenters. The molecule has 1 aliphatic rings. The quantitative estimate of drug-likeness (QED) is 0.824. The molecular weight excluding hydrogens is 186 g/mol. The average molecular weight is 207 g/mol. The van der Waals surface area contributed by atoms with Crippen molar-refractivity contribution in [1.82, 2.24) is 15.1 Å². The first kappa shape index (κ1) is 10.7. The van der Waals surface area contributed by atoms with E-state index in [0.29, 0.717) is 18.1 Å². The Hall–Kier alpha value is -0.830. The summed E-state index contributed by atoms with van der Waals surface area (Å²) in [6.07, 6.45) is 9.18. The highest BCUT2D eigenvalue weighted by Gasteiger charge is 2.26. The molecule has 0 aliphatic heterocycles. The molecule has 3 heteroatoms. The third kappa shape index (κ3) is 2.59. The Labute approximate surface area is 91.9 Å². The van der Waals surface area contributed by atoms with Crippen LogP contribution in [0.1, 0.15) is 45.6 Å². The summed E-state index contributed by atoms with van der Waals surface area (Å²) in [4.78, 5) is 0. The monoisotopic (exact) mass is 207 g/mol. The fourth-order valence-electron chi connectivity index (χ4n) is 2.53. The Morgan fingerprint density at radius 3 is 2.80 bits per heavy atom. The van der Waals surface area contributed by atoms with E-state index in [1.54, 1.807) is 0 Å². The van der Waals surface area contributed by atoms with Crippen LogP contribution in [-0.4, -0.2) is 21.9 Å². The first-order valence-corrected chi connectivity index (χ1v) is 6.02. The minimum Gasteiger partial charge on any atom is -0.310 e. The molecule has 3 nitrogen and oxygen atoms in total. The molecule has 0 radical (unpaired) electrons. The van der Waals surface area contributed by atoms with Gasteiger partial charge in [0.25, 0.3) is 0 Å². The molecule has 1 aromatic heterocycles. The molecular formula is C12H21N3. The minimum absolute atomic E-state index is 0.552. The van der Waals surface area contributed by atoms with E-state index in [1.165, 1.54) is 25.7 Å². The first-order chi connectivity index (χ1) is 7.27. The smallest absolute Gasteiger partial charge is 0.0672 e. The zero-order valence-corrected chi connectivity index (χ0v) is 9.69. The molecule has 84 valence electrons. The summed E-state index contributed by atoms with van der Waals surface area (Å²) >= 11 is 0. The maximum atomic E-state index is 4.37. The lowest BCUT2D eigenvalue weighted by molar-refractivity contribution is 0.236. The Kier molecular flexibility index (Phi) is 3.41. The molecule has 1 aliphatic carbocycles. The summed E-state index contributed by atoms with van der Waals surface area (Å²) in [7, 11) is 0.